The minimum atomic E-state index is -4.55. The number of benzene rings is 1. The molecule has 2 rings (SSSR count). The van der Waals surface area contributed by atoms with Gasteiger partial charge in [0.25, 0.3) is 0 Å². The van der Waals surface area contributed by atoms with Crippen molar-refractivity contribution in [2.75, 3.05) is 0 Å². The molecule has 1 aliphatic heterocycles. The van der Waals surface area contributed by atoms with Crippen LogP contribution in [0.1, 0.15) is 30.9 Å². The van der Waals surface area contributed by atoms with Crippen molar-refractivity contribution in [2.24, 2.45) is 4.99 Å². The first-order valence-corrected chi connectivity index (χ1v) is 5.31. The Hall–Kier alpha value is -1.39. The highest BCUT2D eigenvalue weighted by Crippen LogP contribution is 2.34. The fraction of sp³-hybridized carbons (Fsp3) is 0.417. The van der Waals surface area contributed by atoms with E-state index in [9.17, 15) is 17.6 Å². The second kappa shape index (κ2) is 4.13. The van der Waals surface area contributed by atoms with Crippen molar-refractivity contribution in [2.45, 2.75) is 32.0 Å². The fourth-order valence-electron chi connectivity index (χ4n) is 1.95. The van der Waals surface area contributed by atoms with E-state index < -0.39 is 17.6 Å². The Kier molecular flexibility index (Phi) is 2.93. The first-order valence-electron chi connectivity index (χ1n) is 5.31. The Morgan fingerprint density at radius 3 is 2.53 bits per heavy atom. The van der Waals surface area contributed by atoms with Crippen molar-refractivity contribution in [3.63, 3.8) is 0 Å². The molecule has 0 saturated carbocycles. The second-order valence-electron chi connectivity index (χ2n) is 4.15. The molecular weight excluding hydrogens is 234 g/mol. The lowest BCUT2D eigenvalue weighted by Gasteiger charge is -2.12. The molecule has 1 unspecified atom stereocenters. The SMILES string of the molecule is CC1CCC(c2ccc(F)cc2C(F)(F)F)=N1. The Morgan fingerprint density at radius 2 is 2.00 bits per heavy atom. The maximum Gasteiger partial charge on any atom is 0.417 e. The second-order valence-corrected chi connectivity index (χ2v) is 4.15. The Morgan fingerprint density at radius 1 is 1.29 bits per heavy atom. The molecular formula is C12H11F4N. The lowest BCUT2D eigenvalue weighted by atomic mass is 10.0. The normalized spacial score (nSPS) is 20.5. The third-order valence-corrected chi connectivity index (χ3v) is 2.77. The Bertz CT molecular complexity index is 462. The van der Waals surface area contributed by atoms with Crippen molar-refractivity contribution < 1.29 is 17.6 Å². The zero-order chi connectivity index (χ0) is 12.6. The zero-order valence-electron chi connectivity index (χ0n) is 9.18. The van der Waals surface area contributed by atoms with Gasteiger partial charge in [-0.05, 0) is 38.0 Å². The van der Waals surface area contributed by atoms with Gasteiger partial charge in [0.15, 0.2) is 0 Å². The van der Waals surface area contributed by atoms with Gasteiger partial charge in [0.1, 0.15) is 5.82 Å². The maximum absolute atomic E-state index is 12.9. The van der Waals surface area contributed by atoms with Crippen LogP contribution in [0.15, 0.2) is 23.2 Å². The van der Waals surface area contributed by atoms with Crippen LogP contribution in [-0.2, 0) is 6.18 Å². The lowest BCUT2D eigenvalue weighted by Crippen LogP contribution is -2.13. The van der Waals surface area contributed by atoms with Gasteiger partial charge in [0, 0.05) is 17.3 Å². The molecule has 0 spiro atoms. The predicted octanol–water partition coefficient (Wildman–Crippen LogP) is 3.82. The summed E-state index contributed by atoms with van der Waals surface area (Å²) in [5, 5.41) is 0. The van der Waals surface area contributed by atoms with Crippen molar-refractivity contribution >= 4 is 5.71 Å². The van der Waals surface area contributed by atoms with Crippen molar-refractivity contribution in [3.05, 3.63) is 35.1 Å². The van der Waals surface area contributed by atoms with Gasteiger partial charge in [0.05, 0.1) is 5.56 Å². The molecule has 0 bridgehead atoms. The van der Waals surface area contributed by atoms with Crippen LogP contribution in [0.3, 0.4) is 0 Å². The summed E-state index contributed by atoms with van der Waals surface area (Å²) >= 11 is 0. The summed E-state index contributed by atoms with van der Waals surface area (Å²) in [7, 11) is 0. The number of nitrogens with zero attached hydrogens (tertiary/aromatic N) is 1. The average Bonchev–Trinajstić information content (AvgIpc) is 2.63. The quantitative estimate of drug-likeness (QED) is 0.667. The molecule has 1 nitrogen and oxygen atoms in total. The summed E-state index contributed by atoms with van der Waals surface area (Å²) in [4.78, 5) is 4.16. The first kappa shape index (κ1) is 12.1. The first-order chi connectivity index (χ1) is 7.88. The topological polar surface area (TPSA) is 12.4 Å². The lowest BCUT2D eigenvalue weighted by molar-refractivity contribution is -0.137. The molecule has 5 heteroatoms. The van der Waals surface area contributed by atoms with Crippen LogP contribution in [0.5, 0.6) is 0 Å². The van der Waals surface area contributed by atoms with Crippen molar-refractivity contribution in [1.82, 2.24) is 0 Å². The van der Waals surface area contributed by atoms with E-state index in [1.807, 2.05) is 6.92 Å². The van der Waals surface area contributed by atoms with E-state index in [1.165, 1.54) is 0 Å². The molecule has 1 aromatic carbocycles. The summed E-state index contributed by atoms with van der Waals surface area (Å²) in [6.07, 6.45) is -3.30. The van der Waals surface area contributed by atoms with Gasteiger partial charge in [-0.2, -0.15) is 13.2 Å². The number of hydrogen-bond donors (Lipinski definition) is 0. The molecule has 92 valence electrons. The van der Waals surface area contributed by atoms with Gasteiger partial charge in [0.2, 0.25) is 0 Å². The van der Waals surface area contributed by atoms with Gasteiger partial charge in [-0.1, -0.05) is 0 Å². The van der Waals surface area contributed by atoms with E-state index in [1.54, 1.807) is 0 Å². The van der Waals surface area contributed by atoms with Gasteiger partial charge >= 0.3 is 6.18 Å². The van der Waals surface area contributed by atoms with Crippen molar-refractivity contribution in [1.29, 1.82) is 0 Å². The van der Waals surface area contributed by atoms with Gasteiger partial charge in [-0.3, -0.25) is 4.99 Å². The Balaban J connectivity index is 2.51. The van der Waals surface area contributed by atoms with E-state index in [0.29, 0.717) is 18.2 Å². The van der Waals surface area contributed by atoms with Gasteiger partial charge in [-0.15, -0.1) is 0 Å². The highest BCUT2D eigenvalue weighted by Gasteiger charge is 2.35. The van der Waals surface area contributed by atoms with Crippen LogP contribution in [0.25, 0.3) is 0 Å². The summed E-state index contributed by atoms with van der Waals surface area (Å²) in [6, 6.07) is 2.77. The molecule has 0 saturated heterocycles. The fourth-order valence-corrected chi connectivity index (χ4v) is 1.95. The van der Waals surface area contributed by atoms with E-state index in [4.69, 9.17) is 0 Å². The number of aliphatic imine (C=N–C) groups is 1. The summed E-state index contributed by atoms with van der Waals surface area (Å²) in [5.74, 6) is -0.882. The molecule has 1 aromatic rings. The molecule has 0 radical (unpaired) electrons. The van der Waals surface area contributed by atoms with E-state index >= 15 is 0 Å². The molecule has 0 amide bonds. The van der Waals surface area contributed by atoms with Crippen LogP contribution in [0.4, 0.5) is 17.6 Å². The zero-order valence-corrected chi connectivity index (χ0v) is 9.18. The van der Waals surface area contributed by atoms with Gasteiger partial charge in [-0.25, -0.2) is 4.39 Å². The molecule has 0 aliphatic carbocycles. The van der Waals surface area contributed by atoms with E-state index in [0.717, 1.165) is 18.6 Å². The van der Waals surface area contributed by atoms with Crippen molar-refractivity contribution in [3.8, 4) is 0 Å². The molecule has 1 heterocycles. The standard InChI is InChI=1S/C12H11F4N/c1-7-2-5-11(17-7)9-4-3-8(13)6-10(9)12(14,15)16/h3-4,6-7H,2,5H2,1H3. The molecule has 17 heavy (non-hydrogen) atoms. The van der Waals surface area contributed by atoms with E-state index in [-0.39, 0.29) is 11.6 Å². The summed E-state index contributed by atoms with van der Waals surface area (Å²) in [6.45, 7) is 1.85. The minimum absolute atomic E-state index is 0.00301. The Labute approximate surface area is 96.2 Å². The summed E-state index contributed by atoms with van der Waals surface area (Å²) < 4.78 is 51.2. The molecule has 1 atom stereocenters. The van der Waals surface area contributed by atoms with Crippen LogP contribution in [-0.4, -0.2) is 11.8 Å². The highest BCUT2D eigenvalue weighted by molar-refractivity contribution is 6.03. The molecule has 0 fully saturated rings. The van der Waals surface area contributed by atoms with Crippen LogP contribution in [0.2, 0.25) is 0 Å². The minimum Gasteiger partial charge on any atom is -0.286 e. The average molecular weight is 245 g/mol. The smallest absolute Gasteiger partial charge is 0.286 e. The maximum atomic E-state index is 12.9. The predicted molar refractivity (Wildman–Crippen MR) is 56.6 cm³/mol. The molecule has 0 aromatic heterocycles. The monoisotopic (exact) mass is 245 g/mol. The number of alkyl halides is 3. The van der Waals surface area contributed by atoms with E-state index in [2.05, 4.69) is 4.99 Å². The highest BCUT2D eigenvalue weighted by atomic mass is 19.4. The largest absolute Gasteiger partial charge is 0.417 e. The summed E-state index contributed by atoms with van der Waals surface area (Å²) in [5.41, 5.74) is -0.515. The molecule has 1 aliphatic rings. The van der Waals surface area contributed by atoms with Crippen LogP contribution in [0, 0.1) is 5.82 Å². The number of hydrogen-bond acceptors (Lipinski definition) is 1. The van der Waals surface area contributed by atoms with Crippen LogP contribution >= 0.6 is 0 Å². The van der Waals surface area contributed by atoms with Gasteiger partial charge < -0.3 is 0 Å². The number of rotatable bonds is 1. The number of halogens is 4. The third-order valence-electron chi connectivity index (χ3n) is 2.77. The molecule has 0 N–H and O–H groups in total. The van der Waals surface area contributed by atoms with Crippen LogP contribution < -0.4 is 0 Å². The third kappa shape index (κ3) is 2.48.